The van der Waals surface area contributed by atoms with Gasteiger partial charge in [-0.2, -0.15) is 0 Å². The lowest BCUT2D eigenvalue weighted by molar-refractivity contribution is -0.383. The number of carbonyl (C=O) groups excluding carboxylic acids is 1. The molecule has 1 fully saturated rings. The van der Waals surface area contributed by atoms with E-state index in [4.69, 9.17) is 9.47 Å². The van der Waals surface area contributed by atoms with Crippen LogP contribution in [0.1, 0.15) is 30.1 Å². The van der Waals surface area contributed by atoms with E-state index in [-0.39, 0.29) is 30.0 Å². The van der Waals surface area contributed by atoms with Gasteiger partial charge in [0.15, 0.2) is 0 Å². The van der Waals surface area contributed by atoms with Crippen LogP contribution in [-0.4, -0.2) is 46.7 Å². The zero-order valence-corrected chi connectivity index (χ0v) is 15.4. The van der Waals surface area contributed by atoms with Crippen LogP contribution in [0.4, 0.5) is 23.0 Å². The lowest BCUT2D eigenvalue weighted by Gasteiger charge is -2.13. The van der Waals surface area contributed by atoms with Gasteiger partial charge in [0.2, 0.25) is 11.6 Å². The third-order valence-corrected chi connectivity index (χ3v) is 4.18. The van der Waals surface area contributed by atoms with E-state index in [1.807, 2.05) is 0 Å². The maximum atomic E-state index is 11.7. The smallest absolute Gasteiger partial charge is 0.353 e. The van der Waals surface area contributed by atoms with Crippen LogP contribution in [0.25, 0.3) is 0 Å². The van der Waals surface area contributed by atoms with Gasteiger partial charge >= 0.3 is 11.7 Å². The van der Waals surface area contributed by atoms with Crippen LogP contribution >= 0.6 is 0 Å². The highest BCUT2D eigenvalue weighted by molar-refractivity contribution is 5.90. The van der Waals surface area contributed by atoms with E-state index in [0.717, 1.165) is 12.8 Å². The topological polar surface area (TPSA) is 129 Å². The average molecular weight is 387 g/mol. The zero-order chi connectivity index (χ0) is 19.9. The summed E-state index contributed by atoms with van der Waals surface area (Å²) in [6.45, 7) is 3.15. The van der Waals surface area contributed by atoms with Crippen LogP contribution in [0.15, 0.2) is 30.6 Å². The summed E-state index contributed by atoms with van der Waals surface area (Å²) in [6, 6.07) is 6.39. The summed E-state index contributed by atoms with van der Waals surface area (Å²) in [5.74, 6) is -0.248. The van der Waals surface area contributed by atoms with Gasteiger partial charge < -0.3 is 20.1 Å². The first-order chi connectivity index (χ1) is 13.6. The summed E-state index contributed by atoms with van der Waals surface area (Å²) in [4.78, 5) is 30.8. The van der Waals surface area contributed by atoms with Crippen molar-refractivity contribution in [2.45, 2.75) is 25.9 Å². The quantitative estimate of drug-likeness (QED) is 0.399. The van der Waals surface area contributed by atoms with Gasteiger partial charge in [-0.05, 0) is 44.0 Å². The number of carbonyl (C=O) groups is 1. The summed E-state index contributed by atoms with van der Waals surface area (Å²) in [5, 5.41) is 17.5. The SMILES string of the molecule is CCOC(=O)c1ccc(Nc2ncnc(NCC3CCCO3)c2[N+](=O)[O-])cc1. The summed E-state index contributed by atoms with van der Waals surface area (Å²) >= 11 is 0. The second-order valence-corrected chi connectivity index (χ2v) is 6.12. The van der Waals surface area contributed by atoms with Crippen molar-refractivity contribution in [1.29, 1.82) is 0 Å². The Labute approximate surface area is 161 Å². The Morgan fingerprint density at radius 1 is 1.32 bits per heavy atom. The van der Waals surface area contributed by atoms with E-state index in [1.165, 1.54) is 6.33 Å². The number of rotatable bonds is 8. The number of ether oxygens (including phenoxy) is 2. The molecule has 0 aliphatic carbocycles. The fraction of sp³-hybridized carbons (Fsp3) is 0.389. The Morgan fingerprint density at radius 3 is 2.71 bits per heavy atom. The highest BCUT2D eigenvalue weighted by atomic mass is 16.6. The molecule has 3 rings (SSSR count). The van der Waals surface area contributed by atoms with Crippen molar-refractivity contribution in [3.8, 4) is 0 Å². The summed E-state index contributed by atoms with van der Waals surface area (Å²) in [6.07, 6.45) is 3.15. The van der Waals surface area contributed by atoms with Crippen molar-refractivity contribution in [3.05, 3.63) is 46.3 Å². The van der Waals surface area contributed by atoms with Crippen molar-refractivity contribution in [1.82, 2.24) is 9.97 Å². The maximum absolute atomic E-state index is 11.7. The van der Waals surface area contributed by atoms with E-state index < -0.39 is 10.9 Å². The van der Waals surface area contributed by atoms with Crippen molar-refractivity contribution < 1.29 is 19.2 Å². The molecule has 2 aromatic rings. The number of esters is 1. The van der Waals surface area contributed by atoms with Crippen molar-refractivity contribution in [3.63, 3.8) is 0 Å². The highest BCUT2D eigenvalue weighted by Gasteiger charge is 2.24. The Kier molecular flexibility index (Phi) is 6.33. The van der Waals surface area contributed by atoms with E-state index in [2.05, 4.69) is 20.6 Å². The van der Waals surface area contributed by atoms with Gasteiger partial charge in [-0.1, -0.05) is 0 Å². The molecular formula is C18H21N5O5. The van der Waals surface area contributed by atoms with Crippen LogP contribution in [0.2, 0.25) is 0 Å². The van der Waals surface area contributed by atoms with Gasteiger partial charge in [-0.25, -0.2) is 14.8 Å². The molecule has 0 saturated carbocycles. The predicted octanol–water partition coefficient (Wildman–Crippen LogP) is 2.90. The van der Waals surface area contributed by atoms with Gasteiger partial charge in [-0.15, -0.1) is 0 Å². The molecule has 2 heterocycles. The van der Waals surface area contributed by atoms with Gasteiger partial charge in [-0.3, -0.25) is 10.1 Å². The number of aromatic nitrogens is 2. The maximum Gasteiger partial charge on any atom is 0.353 e. The van der Waals surface area contributed by atoms with E-state index in [9.17, 15) is 14.9 Å². The molecule has 1 aromatic heterocycles. The summed E-state index contributed by atoms with van der Waals surface area (Å²) in [5.41, 5.74) is 0.679. The monoisotopic (exact) mass is 387 g/mol. The van der Waals surface area contributed by atoms with E-state index >= 15 is 0 Å². The van der Waals surface area contributed by atoms with Crippen LogP contribution in [-0.2, 0) is 9.47 Å². The van der Waals surface area contributed by atoms with E-state index in [1.54, 1.807) is 31.2 Å². The first-order valence-electron chi connectivity index (χ1n) is 8.97. The van der Waals surface area contributed by atoms with Gasteiger partial charge in [0.05, 0.1) is 23.2 Å². The Hall–Kier alpha value is -3.27. The summed E-state index contributed by atoms with van der Waals surface area (Å²) in [7, 11) is 0. The minimum atomic E-state index is -0.535. The fourth-order valence-corrected chi connectivity index (χ4v) is 2.83. The molecule has 1 atom stereocenters. The minimum absolute atomic E-state index is 0.0152. The van der Waals surface area contributed by atoms with Gasteiger partial charge in [0, 0.05) is 18.8 Å². The fourth-order valence-electron chi connectivity index (χ4n) is 2.83. The van der Waals surface area contributed by atoms with Crippen molar-refractivity contribution in [2.75, 3.05) is 30.4 Å². The molecule has 148 valence electrons. The Bertz CT molecular complexity index is 837. The average Bonchev–Trinajstić information content (AvgIpc) is 3.20. The number of hydrogen-bond acceptors (Lipinski definition) is 9. The molecule has 0 radical (unpaired) electrons. The number of anilines is 3. The van der Waals surface area contributed by atoms with Crippen LogP contribution < -0.4 is 10.6 Å². The molecule has 1 aliphatic rings. The molecule has 0 bridgehead atoms. The first kappa shape index (κ1) is 19.5. The predicted molar refractivity (Wildman–Crippen MR) is 102 cm³/mol. The molecule has 10 heteroatoms. The molecule has 0 spiro atoms. The minimum Gasteiger partial charge on any atom is -0.462 e. The normalized spacial score (nSPS) is 15.8. The second-order valence-electron chi connectivity index (χ2n) is 6.12. The molecular weight excluding hydrogens is 366 g/mol. The Balaban J connectivity index is 1.76. The number of nitro groups is 1. The standard InChI is InChI=1S/C18H21N5O5/c1-2-27-18(24)12-5-7-13(8-6-12)22-17-15(23(25)26)16(20-11-21-17)19-10-14-4-3-9-28-14/h5-8,11,14H,2-4,9-10H2,1H3,(H2,19,20,21,22). The van der Waals surface area contributed by atoms with Gasteiger partial charge in [0.1, 0.15) is 6.33 Å². The number of benzene rings is 1. The molecule has 1 aromatic carbocycles. The molecule has 0 amide bonds. The zero-order valence-electron chi connectivity index (χ0n) is 15.4. The van der Waals surface area contributed by atoms with Crippen LogP contribution in [0.3, 0.4) is 0 Å². The van der Waals surface area contributed by atoms with Crippen LogP contribution in [0, 0.1) is 10.1 Å². The molecule has 10 nitrogen and oxygen atoms in total. The second kappa shape index (κ2) is 9.09. The molecule has 1 unspecified atom stereocenters. The number of nitrogens with one attached hydrogen (secondary N) is 2. The van der Waals surface area contributed by atoms with Crippen molar-refractivity contribution >= 4 is 29.0 Å². The largest absolute Gasteiger partial charge is 0.462 e. The lowest BCUT2D eigenvalue weighted by Crippen LogP contribution is -2.20. The van der Waals surface area contributed by atoms with E-state index in [0.29, 0.717) is 24.4 Å². The molecule has 1 aliphatic heterocycles. The molecule has 2 N–H and O–H groups in total. The summed E-state index contributed by atoms with van der Waals surface area (Å²) < 4.78 is 10.5. The third-order valence-electron chi connectivity index (χ3n) is 4.18. The number of hydrogen-bond donors (Lipinski definition) is 2. The van der Waals surface area contributed by atoms with Crippen molar-refractivity contribution in [2.24, 2.45) is 0 Å². The van der Waals surface area contributed by atoms with Crippen LogP contribution in [0.5, 0.6) is 0 Å². The third kappa shape index (κ3) is 4.71. The van der Waals surface area contributed by atoms with Gasteiger partial charge in [0.25, 0.3) is 0 Å². The lowest BCUT2D eigenvalue weighted by atomic mass is 10.2. The first-order valence-corrected chi connectivity index (χ1v) is 8.97. The number of nitrogens with zero attached hydrogens (tertiary/aromatic N) is 3. The highest BCUT2D eigenvalue weighted by Crippen LogP contribution is 2.31. The molecule has 28 heavy (non-hydrogen) atoms. The molecule has 1 saturated heterocycles. The Morgan fingerprint density at radius 2 is 2.07 bits per heavy atom.